The number of ether oxygens (including phenoxy) is 3. The first-order valence-corrected chi connectivity index (χ1v) is 8.99. The molecular weight excluding hydrogens is 370 g/mol. The van der Waals surface area contributed by atoms with Crippen LogP contribution in [-0.2, 0) is 6.54 Å². The fourth-order valence-electron chi connectivity index (χ4n) is 2.82. The van der Waals surface area contributed by atoms with Crippen molar-refractivity contribution in [2.45, 2.75) is 6.54 Å². The second-order valence-corrected chi connectivity index (χ2v) is 6.12. The van der Waals surface area contributed by atoms with Gasteiger partial charge in [-0.3, -0.25) is 4.79 Å². The first-order valence-electron chi connectivity index (χ1n) is 8.99. The minimum atomic E-state index is -0.250. The van der Waals surface area contributed by atoms with Crippen LogP contribution in [0.1, 0.15) is 15.9 Å². The molecule has 0 saturated heterocycles. The van der Waals surface area contributed by atoms with E-state index in [1.165, 1.54) is 0 Å². The van der Waals surface area contributed by atoms with Crippen molar-refractivity contribution >= 4 is 17.4 Å². The van der Waals surface area contributed by atoms with Crippen LogP contribution in [0, 0.1) is 0 Å². The molecule has 7 nitrogen and oxygen atoms in total. The van der Waals surface area contributed by atoms with Gasteiger partial charge in [0.2, 0.25) is 0 Å². The summed E-state index contributed by atoms with van der Waals surface area (Å²) in [6, 6.07) is 16.3. The molecular formula is C22H23N3O4. The monoisotopic (exact) mass is 393 g/mol. The highest BCUT2D eigenvalue weighted by molar-refractivity contribution is 6.04. The van der Waals surface area contributed by atoms with Gasteiger partial charge in [0, 0.05) is 35.6 Å². The van der Waals surface area contributed by atoms with Crippen LogP contribution in [-0.4, -0.2) is 32.2 Å². The first-order chi connectivity index (χ1) is 14.1. The number of rotatable bonds is 8. The third kappa shape index (κ3) is 4.95. The summed E-state index contributed by atoms with van der Waals surface area (Å²) in [6.07, 6.45) is 1.59. The predicted octanol–water partition coefficient (Wildman–Crippen LogP) is 3.97. The summed E-state index contributed by atoms with van der Waals surface area (Å²) >= 11 is 0. The number of benzene rings is 2. The summed E-state index contributed by atoms with van der Waals surface area (Å²) < 4.78 is 15.8. The Kier molecular flexibility index (Phi) is 6.52. The Balaban J connectivity index is 1.69. The van der Waals surface area contributed by atoms with E-state index in [1.807, 2.05) is 24.3 Å². The zero-order valence-electron chi connectivity index (χ0n) is 16.6. The van der Waals surface area contributed by atoms with Crippen molar-refractivity contribution in [3.05, 3.63) is 71.9 Å². The molecule has 2 aromatic carbocycles. The lowest BCUT2D eigenvalue weighted by Crippen LogP contribution is -2.13. The molecule has 0 unspecified atom stereocenters. The summed E-state index contributed by atoms with van der Waals surface area (Å²) in [7, 11) is 4.74. The molecule has 7 heteroatoms. The number of hydrogen-bond acceptors (Lipinski definition) is 6. The highest BCUT2D eigenvalue weighted by Gasteiger charge is 2.11. The molecule has 0 aliphatic heterocycles. The van der Waals surface area contributed by atoms with Crippen molar-refractivity contribution in [1.82, 2.24) is 4.98 Å². The fraction of sp³-hybridized carbons (Fsp3) is 0.182. The van der Waals surface area contributed by atoms with Crippen LogP contribution in [0.3, 0.4) is 0 Å². The molecule has 0 radical (unpaired) electrons. The van der Waals surface area contributed by atoms with Gasteiger partial charge < -0.3 is 24.8 Å². The topological polar surface area (TPSA) is 81.7 Å². The minimum Gasteiger partial charge on any atom is -0.496 e. The molecule has 150 valence electrons. The van der Waals surface area contributed by atoms with Crippen molar-refractivity contribution in [3.8, 4) is 17.2 Å². The normalized spacial score (nSPS) is 10.2. The van der Waals surface area contributed by atoms with E-state index in [2.05, 4.69) is 15.6 Å². The van der Waals surface area contributed by atoms with E-state index < -0.39 is 0 Å². The van der Waals surface area contributed by atoms with E-state index in [1.54, 1.807) is 57.9 Å². The highest BCUT2D eigenvalue weighted by atomic mass is 16.5. The second kappa shape index (κ2) is 9.45. The summed E-state index contributed by atoms with van der Waals surface area (Å²) in [5.41, 5.74) is 2.09. The maximum absolute atomic E-state index is 12.6. The van der Waals surface area contributed by atoms with Gasteiger partial charge in [0.25, 0.3) is 5.91 Å². The second-order valence-electron chi connectivity index (χ2n) is 6.12. The Labute approximate surface area is 169 Å². The summed E-state index contributed by atoms with van der Waals surface area (Å²) in [5.74, 6) is 2.27. The van der Waals surface area contributed by atoms with Gasteiger partial charge in [-0.2, -0.15) is 0 Å². The molecule has 0 atom stereocenters. The van der Waals surface area contributed by atoms with Gasteiger partial charge in [0.15, 0.2) is 11.5 Å². The highest BCUT2D eigenvalue weighted by Crippen LogP contribution is 2.30. The van der Waals surface area contributed by atoms with Crippen LogP contribution in [0.15, 0.2) is 60.8 Å². The van der Waals surface area contributed by atoms with Crippen molar-refractivity contribution in [1.29, 1.82) is 0 Å². The number of amides is 1. The lowest BCUT2D eigenvalue weighted by molar-refractivity contribution is 0.102. The number of methoxy groups -OCH3 is 3. The van der Waals surface area contributed by atoms with Crippen LogP contribution in [0.4, 0.5) is 11.5 Å². The van der Waals surface area contributed by atoms with Gasteiger partial charge in [0.05, 0.1) is 21.3 Å². The summed E-state index contributed by atoms with van der Waals surface area (Å²) in [4.78, 5) is 16.9. The van der Waals surface area contributed by atoms with Crippen LogP contribution in [0.25, 0.3) is 0 Å². The van der Waals surface area contributed by atoms with Gasteiger partial charge in [0.1, 0.15) is 11.6 Å². The number of carbonyl (C=O) groups is 1. The number of carbonyl (C=O) groups excluding carboxylic acids is 1. The molecule has 3 rings (SSSR count). The molecule has 1 amide bonds. The van der Waals surface area contributed by atoms with Gasteiger partial charge >= 0.3 is 0 Å². The number of pyridine rings is 1. The smallest absolute Gasteiger partial charge is 0.255 e. The molecule has 0 spiro atoms. The average molecular weight is 393 g/mol. The Bertz CT molecular complexity index is 991. The lowest BCUT2D eigenvalue weighted by Gasteiger charge is -2.12. The zero-order chi connectivity index (χ0) is 20.6. The number of hydrogen-bond donors (Lipinski definition) is 2. The van der Waals surface area contributed by atoms with Gasteiger partial charge in [-0.05, 0) is 30.3 Å². The van der Waals surface area contributed by atoms with Crippen LogP contribution < -0.4 is 24.8 Å². The maximum Gasteiger partial charge on any atom is 0.255 e. The fourth-order valence-corrected chi connectivity index (χ4v) is 2.82. The van der Waals surface area contributed by atoms with Crippen LogP contribution in [0.5, 0.6) is 17.2 Å². The SMILES string of the molecule is COc1ccccc1CNc1cc(C(=O)Nc2ccc(OC)c(OC)c2)ccn1. The number of aromatic nitrogens is 1. The molecule has 2 N–H and O–H groups in total. The van der Waals surface area contributed by atoms with E-state index in [-0.39, 0.29) is 5.91 Å². The van der Waals surface area contributed by atoms with E-state index in [9.17, 15) is 4.79 Å². The van der Waals surface area contributed by atoms with E-state index in [0.717, 1.165) is 11.3 Å². The Morgan fingerprint density at radius 3 is 2.41 bits per heavy atom. The number of nitrogens with zero attached hydrogens (tertiary/aromatic N) is 1. The van der Waals surface area contributed by atoms with Crippen molar-refractivity contribution in [2.24, 2.45) is 0 Å². The first kappa shape index (κ1) is 20.0. The average Bonchev–Trinajstić information content (AvgIpc) is 2.77. The molecule has 29 heavy (non-hydrogen) atoms. The quantitative estimate of drug-likeness (QED) is 0.603. The zero-order valence-corrected chi connectivity index (χ0v) is 16.6. The van der Waals surface area contributed by atoms with Gasteiger partial charge in [-0.15, -0.1) is 0 Å². The molecule has 1 aromatic heterocycles. The molecule has 0 bridgehead atoms. The third-order valence-corrected chi connectivity index (χ3v) is 4.32. The Morgan fingerprint density at radius 1 is 0.897 bits per heavy atom. The number of anilines is 2. The molecule has 0 fully saturated rings. The summed E-state index contributed by atoms with van der Waals surface area (Å²) in [6.45, 7) is 0.526. The Hall–Kier alpha value is -3.74. The van der Waals surface area contributed by atoms with E-state index >= 15 is 0 Å². The van der Waals surface area contributed by atoms with Crippen LogP contribution in [0.2, 0.25) is 0 Å². The van der Waals surface area contributed by atoms with Crippen molar-refractivity contribution < 1.29 is 19.0 Å². The largest absolute Gasteiger partial charge is 0.496 e. The molecule has 0 saturated carbocycles. The molecule has 0 aliphatic carbocycles. The summed E-state index contributed by atoms with van der Waals surface area (Å²) in [5, 5.41) is 6.07. The lowest BCUT2D eigenvalue weighted by atomic mass is 10.2. The minimum absolute atomic E-state index is 0.250. The Morgan fingerprint density at radius 2 is 1.66 bits per heavy atom. The standard InChI is InChI=1S/C22H23N3O4/c1-27-18-7-5-4-6-16(18)14-24-21-12-15(10-11-23-21)22(26)25-17-8-9-19(28-2)20(13-17)29-3/h4-13H,14H2,1-3H3,(H,23,24)(H,25,26). The molecule has 3 aromatic rings. The van der Waals surface area contributed by atoms with Gasteiger partial charge in [-0.1, -0.05) is 18.2 Å². The van der Waals surface area contributed by atoms with Crippen molar-refractivity contribution in [2.75, 3.05) is 32.0 Å². The van der Waals surface area contributed by atoms with Gasteiger partial charge in [-0.25, -0.2) is 4.98 Å². The third-order valence-electron chi connectivity index (χ3n) is 4.32. The number of nitrogens with one attached hydrogen (secondary N) is 2. The van der Waals surface area contributed by atoms with E-state index in [0.29, 0.717) is 35.1 Å². The predicted molar refractivity (Wildman–Crippen MR) is 112 cm³/mol. The van der Waals surface area contributed by atoms with Crippen LogP contribution >= 0.6 is 0 Å². The molecule has 1 heterocycles. The maximum atomic E-state index is 12.6. The van der Waals surface area contributed by atoms with Crippen molar-refractivity contribution in [3.63, 3.8) is 0 Å². The number of para-hydroxylation sites is 1. The van der Waals surface area contributed by atoms with E-state index in [4.69, 9.17) is 14.2 Å². The molecule has 0 aliphatic rings.